The van der Waals surface area contributed by atoms with Gasteiger partial charge in [-0.3, -0.25) is 9.78 Å². The van der Waals surface area contributed by atoms with E-state index in [2.05, 4.69) is 25.1 Å². The van der Waals surface area contributed by atoms with Gasteiger partial charge >= 0.3 is 0 Å². The predicted molar refractivity (Wildman–Crippen MR) is 110 cm³/mol. The highest BCUT2D eigenvalue weighted by Gasteiger charge is 2.19. The minimum atomic E-state index is -0.227. The monoisotopic (exact) mass is 391 g/mol. The lowest BCUT2D eigenvalue weighted by atomic mass is 10.2. The fourth-order valence-electron chi connectivity index (χ4n) is 3.37. The van der Waals surface area contributed by atoms with E-state index in [1.165, 1.54) is 12.1 Å². The SMILES string of the molecule is O=C(NCc1cccnc1)c1ccnc(N2CCN(c3ccc(F)cc3)CC2)c1. The average Bonchev–Trinajstić information content (AvgIpc) is 2.79. The first-order valence-corrected chi connectivity index (χ1v) is 9.58. The maximum Gasteiger partial charge on any atom is 0.251 e. The molecule has 4 rings (SSSR count). The molecule has 0 bridgehead atoms. The van der Waals surface area contributed by atoms with Crippen molar-refractivity contribution in [2.24, 2.45) is 0 Å². The van der Waals surface area contributed by atoms with Gasteiger partial charge in [-0.2, -0.15) is 0 Å². The van der Waals surface area contributed by atoms with Gasteiger partial charge in [-0.05, 0) is 48.0 Å². The smallest absolute Gasteiger partial charge is 0.251 e. The largest absolute Gasteiger partial charge is 0.368 e. The molecule has 2 aromatic heterocycles. The molecule has 0 aliphatic carbocycles. The van der Waals surface area contributed by atoms with Crippen molar-refractivity contribution in [1.29, 1.82) is 0 Å². The molecule has 0 spiro atoms. The van der Waals surface area contributed by atoms with Gasteiger partial charge in [0.2, 0.25) is 0 Å². The molecule has 1 aliphatic heterocycles. The summed E-state index contributed by atoms with van der Waals surface area (Å²) < 4.78 is 13.1. The van der Waals surface area contributed by atoms with Crippen molar-refractivity contribution in [1.82, 2.24) is 15.3 Å². The van der Waals surface area contributed by atoms with Crippen LogP contribution in [0.25, 0.3) is 0 Å². The third-order valence-electron chi connectivity index (χ3n) is 4.98. The number of anilines is 2. The fraction of sp³-hybridized carbons (Fsp3) is 0.227. The Balaban J connectivity index is 1.36. The molecule has 0 unspecified atom stereocenters. The Morgan fingerprint density at radius 3 is 2.48 bits per heavy atom. The summed E-state index contributed by atoms with van der Waals surface area (Å²) in [6.45, 7) is 3.62. The van der Waals surface area contributed by atoms with Crippen LogP contribution in [0.1, 0.15) is 15.9 Å². The molecule has 1 aliphatic rings. The van der Waals surface area contributed by atoms with E-state index >= 15 is 0 Å². The van der Waals surface area contributed by atoms with Crippen molar-refractivity contribution in [2.75, 3.05) is 36.0 Å². The van der Waals surface area contributed by atoms with Crippen LogP contribution in [-0.2, 0) is 6.54 Å². The van der Waals surface area contributed by atoms with Gasteiger partial charge < -0.3 is 15.1 Å². The van der Waals surface area contributed by atoms with E-state index in [-0.39, 0.29) is 11.7 Å². The number of pyridine rings is 2. The fourth-order valence-corrected chi connectivity index (χ4v) is 3.37. The second-order valence-corrected chi connectivity index (χ2v) is 6.90. The highest BCUT2D eigenvalue weighted by atomic mass is 19.1. The van der Waals surface area contributed by atoms with Crippen LogP contribution in [0.2, 0.25) is 0 Å². The van der Waals surface area contributed by atoms with E-state index in [4.69, 9.17) is 0 Å². The highest BCUT2D eigenvalue weighted by molar-refractivity contribution is 5.94. The minimum Gasteiger partial charge on any atom is -0.368 e. The molecule has 1 fully saturated rings. The zero-order chi connectivity index (χ0) is 20.1. The first-order valence-electron chi connectivity index (χ1n) is 9.58. The van der Waals surface area contributed by atoms with Gasteiger partial charge in [-0.25, -0.2) is 9.37 Å². The molecule has 3 aromatic rings. The molecule has 6 nitrogen and oxygen atoms in total. The van der Waals surface area contributed by atoms with Gasteiger partial charge in [0.15, 0.2) is 0 Å². The number of benzene rings is 1. The average molecular weight is 391 g/mol. The van der Waals surface area contributed by atoms with E-state index in [1.807, 2.05) is 18.2 Å². The number of halogens is 1. The summed E-state index contributed by atoms with van der Waals surface area (Å²) in [4.78, 5) is 25.4. The van der Waals surface area contributed by atoms with Crippen molar-refractivity contribution in [3.05, 3.63) is 84.1 Å². The first-order chi connectivity index (χ1) is 14.2. The van der Waals surface area contributed by atoms with Crippen LogP contribution in [0, 0.1) is 5.82 Å². The molecule has 0 radical (unpaired) electrons. The molecule has 1 N–H and O–H groups in total. The Labute approximate surface area is 169 Å². The van der Waals surface area contributed by atoms with Gasteiger partial charge in [0.25, 0.3) is 5.91 Å². The van der Waals surface area contributed by atoms with Crippen molar-refractivity contribution in [3.8, 4) is 0 Å². The van der Waals surface area contributed by atoms with Crippen LogP contribution in [0.3, 0.4) is 0 Å². The Hall–Kier alpha value is -3.48. The third kappa shape index (κ3) is 4.68. The van der Waals surface area contributed by atoms with E-state index < -0.39 is 0 Å². The van der Waals surface area contributed by atoms with E-state index in [9.17, 15) is 9.18 Å². The summed E-state index contributed by atoms with van der Waals surface area (Å²) in [6.07, 6.45) is 5.11. The van der Waals surface area contributed by atoms with Crippen LogP contribution < -0.4 is 15.1 Å². The molecule has 1 amide bonds. The van der Waals surface area contributed by atoms with Gasteiger partial charge in [0.1, 0.15) is 11.6 Å². The molecule has 0 atom stereocenters. The molecule has 1 saturated heterocycles. The number of nitrogens with one attached hydrogen (secondary N) is 1. The van der Waals surface area contributed by atoms with E-state index in [0.717, 1.165) is 43.2 Å². The number of nitrogens with zero attached hydrogens (tertiary/aromatic N) is 4. The standard InChI is InChI=1S/C22H22FN5O/c23-19-3-5-20(6-4-19)27-10-12-28(13-11-27)21-14-18(7-9-25-21)22(29)26-16-17-2-1-8-24-15-17/h1-9,14-15H,10-13,16H2,(H,26,29). The lowest BCUT2D eigenvalue weighted by molar-refractivity contribution is 0.0951. The second kappa shape index (κ2) is 8.68. The topological polar surface area (TPSA) is 61.4 Å². The zero-order valence-electron chi connectivity index (χ0n) is 16.0. The van der Waals surface area contributed by atoms with Crippen LogP contribution in [0.5, 0.6) is 0 Å². The van der Waals surface area contributed by atoms with Crippen LogP contribution in [-0.4, -0.2) is 42.1 Å². The Morgan fingerprint density at radius 1 is 1.00 bits per heavy atom. The quantitative estimate of drug-likeness (QED) is 0.725. The van der Waals surface area contributed by atoms with Crippen LogP contribution in [0.4, 0.5) is 15.9 Å². The van der Waals surface area contributed by atoms with Gasteiger partial charge in [0, 0.05) is 62.6 Å². The Bertz CT molecular complexity index is 956. The first kappa shape index (κ1) is 18.9. The zero-order valence-corrected chi connectivity index (χ0v) is 16.0. The van der Waals surface area contributed by atoms with Crippen LogP contribution >= 0.6 is 0 Å². The summed E-state index contributed by atoms with van der Waals surface area (Å²) in [6, 6.07) is 13.9. The molecular weight excluding hydrogens is 369 g/mol. The number of aromatic nitrogens is 2. The summed E-state index contributed by atoms with van der Waals surface area (Å²) >= 11 is 0. The number of carbonyl (C=O) groups excluding carboxylic acids is 1. The number of hydrogen-bond acceptors (Lipinski definition) is 5. The third-order valence-corrected chi connectivity index (χ3v) is 4.98. The minimum absolute atomic E-state index is 0.137. The van der Waals surface area contributed by atoms with Crippen LogP contribution in [0.15, 0.2) is 67.1 Å². The molecular formula is C22H22FN5O. The predicted octanol–water partition coefficient (Wildman–Crippen LogP) is 2.87. The molecule has 3 heterocycles. The molecule has 1 aromatic carbocycles. The normalized spacial score (nSPS) is 14.0. The Kier molecular flexibility index (Phi) is 5.65. The summed E-state index contributed by atoms with van der Waals surface area (Å²) in [5.74, 6) is 0.426. The number of carbonyl (C=O) groups is 1. The summed E-state index contributed by atoms with van der Waals surface area (Å²) in [7, 11) is 0. The molecule has 29 heavy (non-hydrogen) atoms. The Morgan fingerprint density at radius 2 is 1.76 bits per heavy atom. The van der Waals surface area contributed by atoms with Crippen molar-refractivity contribution >= 4 is 17.4 Å². The van der Waals surface area contributed by atoms with Crippen molar-refractivity contribution in [3.63, 3.8) is 0 Å². The van der Waals surface area contributed by atoms with E-state index in [1.54, 1.807) is 36.8 Å². The maximum atomic E-state index is 13.1. The van der Waals surface area contributed by atoms with Crippen molar-refractivity contribution in [2.45, 2.75) is 6.54 Å². The van der Waals surface area contributed by atoms with Crippen molar-refractivity contribution < 1.29 is 9.18 Å². The molecule has 148 valence electrons. The highest BCUT2D eigenvalue weighted by Crippen LogP contribution is 2.20. The number of rotatable bonds is 5. The van der Waals surface area contributed by atoms with Gasteiger partial charge in [-0.1, -0.05) is 6.07 Å². The molecule has 0 saturated carbocycles. The maximum absolute atomic E-state index is 13.1. The number of hydrogen-bond donors (Lipinski definition) is 1. The van der Waals surface area contributed by atoms with Gasteiger partial charge in [0.05, 0.1) is 0 Å². The lowest BCUT2D eigenvalue weighted by Gasteiger charge is -2.36. The number of piperazine rings is 1. The summed E-state index contributed by atoms with van der Waals surface area (Å²) in [5.41, 5.74) is 2.55. The summed E-state index contributed by atoms with van der Waals surface area (Å²) in [5, 5.41) is 2.91. The number of amides is 1. The molecule has 7 heteroatoms. The lowest BCUT2D eigenvalue weighted by Crippen LogP contribution is -2.46. The van der Waals surface area contributed by atoms with E-state index in [0.29, 0.717) is 12.1 Å². The second-order valence-electron chi connectivity index (χ2n) is 6.90. The van der Waals surface area contributed by atoms with Gasteiger partial charge in [-0.15, -0.1) is 0 Å².